The van der Waals surface area contributed by atoms with Gasteiger partial charge < -0.3 is 19.5 Å². The average molecular weight is 508 g/mol. The van der Waals surface area contributed by atoms with Crippen molar-refractivity contribution in [1.82, 2.24) is 10.7 Å². The molecule has 2 N–H and O–H groups in total. The Morgan fingerprint density at radius 2 is 1.81 bits per heavy atom. The van der Waals surface area contributed by atoms with E-state index in [4.69, 9.17) is 25.8 Å². The molecule has 2 amide bonds. The summed E-state index contributed by atoms with van der Waals surface area (Å²) in [6.45, 7) is 4.08. The van der Waals surface area contributed by atoms with Crippen LogP contribution in [-0.4, -0.2) is 30.9 Å². The number of para-hydroxylation sites is 1. The number of hydrogen-bond donors (Lipinski definition) is 2. The second kappa shape index (κ2) is 11.6. The molecule has 1 aliphatic heterocycles. The Bertz CT molecular complexity index is 1280. The van der Waals surface area contributed by atoms with Crippen LogP contribution in [0.25, 0.3) is 0 Å². The molecule has 1 atom stereocenters. The molecule has 0 aromatic heterocycles. The predicted octanol–water partition coefficient (Wildman–Crippen LogP) is 4.55. The highest BCUT2D eigenvalue weighted by atomic mass is 35.5. The highest BCUT2D eigenvalue weighted by Crippen LogP contribution is 2.32. The number of hydrazone groups is 1. The molecule has 0 fully saturated rings. The number of halogens is 1. The molecule has 3 aromatic rings. The van der Waals surface area contributed by atoms with E-state index in [1.165, 1.54) is 6.21 Å². The Hall–Kier alpha value is -4.04. The second-order valence-electron chi connectivity index (χ2n) is 8.42. The lowest BCUT2D eigenvalue weighted by Gasteiger charge is -2.20. The van der Waals surface area contributed by atoms with Crippen LogP contribution in [-0.2, 0) is 11.4 Å². The zero-order valence-electron chi connectivity index (χ0n) is 19.9. The summed E-state index contributed by atoms with van der Waals surface area (Å²) >= 11 is 6.21. The van der Waals surface area contributed by atoms with Gasteiger partial charge in [0.25, 0.3) is 11.8 Å². The van der Waals surface area contributed by atoms with Gasteiger partial charge in [-0.05, 0) is 42.3 Å². The van der Waals surface area contributed by atoms with E-state index in [2.05, 4.69) is 15.8 Å². The Kier molecular flexibility index (Phi) is 8.07. The van der Waals surface area contributed by atoms with Crippen molar-refractivity contribution in [3.05, 3.63) is 88.4 Å². The van der Waals surface area contributed by atoms with Gasteiger partial charge in [0.2, 0.25) is 6.79 Å². The summed E-state index contributed by atoms with van der Waals surface area (Å²) in [5, 5.41) is 7.48. The molecular formula is C27H26ClN3O5. The number of hydrogen-bond acceptors (Lipinski definition) is 6. The minimum atomic E-state index is -0.799. The minimum Gasteiger partial charge on any atom is -0.488 e. The molecule has 0 spiro atoms. The van der Waals surface area contributed by atoms with Crippen molar-refractivity contribution in [3.8, 4) is 17.2 Å². The molecular weight excluding hydrogens is 482 g/mol. The van der Waals surface area contributed by atoms with E-state index >= 15 is 0 Å². The first-order chi connectivity index (χ1) is 17.4. The molecule has 3 aromatic carbocycles. The first-order valence-electron chi connectivity index (χ1n) is 11.4. The third kappa shape index (κ3) is 6.14. The van der Waals surface area contributed by atoms with Crippen LogP contribution in [0.5, 0.6) is 17.2 Å². The number of benzene rings is 3. The highest BCUT2D eigenvalue weighted by molar-refractivity contribution is 6.31. The lowest BCUT2D eigenvalue weighted by atomic mass is 10.0. The quantitative estimate of drug-likeness (QED) is 0.327. The van der Waals surface area contributed by atoms with Crippen LogP contribution in [0, 0.1) is 5.92 Å². The van der Waals surface area contributed by atoms with Crippen LogP contribution in [0.4, 0.5) is 0 Å². The third-order valence-corrected chi connectivity index (χ3v) is 5.88. The largest absolute Gasteiger partial charge is 0.488 e. The number of carbonyl (C=O) groups is 2. The standard InChI is InChI=1S/C27H26ClN3O5/c1-17(2)25(30-26(32)18-11-12-23-24(13-18)36-16-35-23)27(33)31-29-14-19-7-4-6-10-22(19)34-15-20-8-3-5-9-21(20)28/h3-14,17,25H,15-16H2,1-2H3,(H,30,32)(H,31,33)/b29-14+. The molecule has 8 nitrogen and oxygen atoms in total. The highest BCUT2D eigenvalue weighted by Gasteiger charge is 2.25. The van der Waals surface area contributed by atoms with Crippen molar-refractivity contribution in [3.63, 3.8) is 0 Å². The van der Waals surface area contributed by atoms with E-state index in [1.807, 2.05) is 56.3 Å². The maximum atomic E-state index is 12.8. The number of ether oxygens (including phenoxy) is 3. The summed E-state index contributed by atoms with van der Waals surface area (Å²) in [6.07, 6.45) is 1.50. The lowest BCUT2D eigenvalue weighted by Crippen LogP contribution is -2.48. The van der Waals surface area contributed by atoms with Crippen LogP contribution < -0.4 is 25.0 Å². The Morgan fingerprint density at radius 1 is 1.06 bits per heavy atom. The number of carbonyl (C=O) groups excluding carboxylic acids is 2. The smallest absolute Gasteiger partial charge is 0.262 e. The minimum absolute atomic E-state index is 0.115. The predicted molar refractivity (Wildman–Crippen MR) is 137 cm³/mol. The van der Waals surface area contributed by atoms with Gasteiger partial charge in [0.05, 0.1) is 6.21 Å². The van der Waals surface area contributed by atoms with Crippen LogP contribution >= 0.6 is 11.6 Å². The van der Waals surface area contributed by atoms with Gasteiger partial charge in [0, 0.05) is 21.7 Å². The Labute approximate surface area is 214 Å². The summed E-state index contributed by atoms with van der Waals surface area (Å²) in [7, 11) is 0. The molecule has 0 saturated carbocycles. The molecule has 0 aliphatic carbocycles. The molecule has 1 unspecified atom stereocenters. The second-order valence-corrected chi connectivity index (χ2v) is 8.82. The molecule has 186 valence electrons. The molecule has 1 heterocycles. The number of fused-ring (bicyclic) bond motifs is 1. The van der Waals surface area contributed by atoms with Gasteiger partial charge in [-0.15, -0.1) is 0 Å². The average Bonchev–Trinajstić information content (AvgIpc) is 3.35. The van der Waals surface area contributed by atoms with Crippen molar-refractivity contribution in [2.75, 3.05) is 6.79 Å². The molecule has 36 heavy (non-hydrogen) atoms. The van der Waals surface area contributed by atoms with Gasteiger partial charge in [-0.25, -0.2) is 5.43 Å². The van der Waals surface area contributed by atoms with Crippen molar-refractivity contribution in [2.24, 2.45) is 11.0 Å². The van der Waals surface area contributed by atoms with Crippen molar-refractivity contribution in [1.29, 1.82) is 0 Å². The van der Waals surface area contributed by atoms with Gasteiger partial charge in [-0.1, -0.05) is 55.8 Å². The maximum absolute atomic E-state index is 12.8. The summed E-state index contributed by atoms with van der Waals surface area (Å²) in [6, 6.07) is 18.8. The fraction of sp³-hybridized carbons (Fsp3) is 0.222. The SMILES string of the molecule is CC(C)C(NC(=O)c1ccc2c(c1)OCO2)C(=O)N/N=C/c1ccccc1OCc1ccccc1Cl. The maximum Gasteiger partial charge on any atom is 0.262 e. The molecule has 0 bridgehead atoms. The molecule has 0 radical (unpaired) electrons. The van der Waals surface area contributed by atoms with Crippen LogP contribution in [0.2, 0.25) is 5.02 Å². The van der Waals surface area contributed by atoms with Crippen molar-refractivity contribution < 1.29 is 23.8 Å². The summed E-state index contributed by atoms with van der Waals surface area (Å²) in [4.78, 5) is 25.6. The zero-order valence-corrected chi connectivity index (χ0v) is 20.6. The fourth-order valence-corrected chi connectivity index (χ4v) is 3.71. The molecule has 0 saturated heterocycles. The topological polar surface area (TPSA) is 98.2 Å². The number of nitrogens with zero attached hydrogens (tertiary/aromatic N) is 1. The van der Waals surface area contributed by atoms with Gasteiger partial charge in [0.1, 0.15) is 18.4 Å². The Morgan fingerprint density at radius 3 is 2.61 bits per heavy atom. The van der Waals surface area contributed by atoms with Gasteiger partial charge in [0.15, 0.2) is 11.5 Å². The number of nitrogens with one attached hydrogen (secondary N) is 2. The third-order valence-electron chi connectivity index (χ3n) is 5.51. The van der Waals surface area contributed by atoms with Crippen molar-refractivity contribution in [2.45, 2.75) is 26.5 Å². The number of amides is 2. The fourth-order valence-electron chi connectivity index (χ4n) is 3.52. The first kappa shape index (κ1) is 25.1. The zero-order chi connectivity index (χ0) is 25.5. The van der Waals surface area contributed by atoms with Crippen molar-refractivity contribution >= 4 is 29.6 Å². The lowest BCUT2D eigenvalue weighted by molar-refractivity contribution is -0.123. The molecule has 1 aliphatic rings. The number of rotatable bonds is 9. The normalized spacial score (nSPS) is 13.0. The molecule has 9 heteroatoms. The summed E-state index contributed by atoms with van der Waals surface area (Å²) < 4.78 is 16.5. The monoisotopic (exact) mass is 507 g/mol. The van der Waals surface area contributed by atoms with Crippen LogP contribution in [0.15, 0.2) is 71.8 Å². The summed E-state index contributed by atoms with van der Waals surface area (Å²) in [5.41, 5.74) is 4.42. The van der Waals surface area contributed by atoms with E-state index in [0.29, 0.717) is 33.4 Å². The van der Waals surface area contributed by atoms with Gasteiger partial charge in [-0.2, -0.15) is 5.10 Å². The van der Waals surface area contributed by atoms with Crippen LogP contribution in [0.1, 0.15) is 35.3 Å². The van der Waals surface area contributed by atoms with E-state index in [9.17, 15) is 9.59 Å². The van der Waals surface area contributed by atoms with E-state index in [0.717, 1.165) is 5.56 Å². The van der Waals surface area contributed by atoms with E-state index in [-0.39, 0.29) is 19.3 Å². The van der Waals surface area contributed by atoms with E-state index < -0.39 is 17.9 Å². The molecule has 4 rings (SSSR count). The van der Waals surface area contributed by atoms with Crippen LogP contribution in [0.3, 0.4) is 0 Å². The van der Waals surface area contributed by atoms with E-state index in [1.54, 1.807) is 24.3 Å². The van der Waals surface area contributed by atoms with Gasteiger partial charge in [-0.3, -0.25) is 9.59 Å². The Balaban J connectivity index is 1.38. The summed E-state index contributed by atoms with van der Waals surface area (Å²) in [5.74, 6) is 0.647. The van der Waals surface area contributed by atoms with Gasteiger partial charge >= 0.3 is 0 Å². The first-order valence-corrected chi connectivity index (χ1v) is 11.8.